The number of anilines is 1. The van der Waals surface area contributed by atoms with Crippen molar-refractivity contribution in [2.24, 2.45) is 23.1 Å². The first-order valence-corrected chi connectivity index (χ1v) is 13.9. The van der Waals surface area contributed by atoms with Crippen molar-refractivity contribution < 1.29 is 58.9 Å². The van der Waals surface area contributed by atoms with E-state index in [0.29, 0.717) is 19.4 Å². The smallest absolute Gasteiger partial charge is 0.480 e. The number of carbonyl (C=O) groups is 6. The lowest BCUT2D eigenvalue weighted by Gasteiger charge is -2.07. The Hall–Kier alpha value is -6.12. The molecule has 20 heteroatoms. The van der Waals surface area contributed by atoms with Gasteiger partial charge < -0.3 is 53.4 Å². The molecule has 0 saturated carbocycles. The summed E-state index contributed by atoms with van der Waals surface area (Å²) < 4.78 is 4.24. The predicted molar refractivity (Wildman–Crippen MR) is 174 cm³/mol. The fourth-order valence-corrected chi connectivity index (χ4v) is 2.66. The summed E-state index contributed by atoms with van der Waals surface area (Å²) >= 11 is 0. The molecule has 1 heterocycles. The second kappa shape index (κ2) is 25.0. The van der Waals surface area contributed by atoms with E-state index in [9.17, 15) is 38.9 Å². The van der Waals surface area contributed by atoms with E-state index < -0.39 is 41.1 Å². The number of aliphatic hydroxyl groups is 1. The second-order valence-electron chi connectivity index (χ2n) is 9.69. The van der Waals surface area contributed by atoms with Crippen molar-refractivity contribution in [3.63, 3.8) is 0 Å². The maximum atomic E-state index is 10.2. The van der Waals surface area contributed by atoms with E-state index >= 15 is 0 Å². The minimum Gasteiger partial charge on any atom is -0.480 e. The molecule has 1 aliphatic rings. The molecule has 2 unspecified atom stereocenters. The molecule has 20 nitrogen and oxygen atoms in total. The number of hydrogen-bond acceptors (Lipinski definition) is 13. The van der Waals surface area contributed by atoms with Gasteiger partial charge >= 0.3 is 24.1 Å². The average Bonchev–Trinajstić information content (AvgIpc) is 3.42. The van der Waals surface area contributed by atoms with Crippen molar-refractivity contribution in [1.82, 2.24) is 10.6 Å². The SMILES string of the molecule is CC(C)C(N)C(=O)O.NC(=O)NCCCC(N)C(=O)O.Nc1ccc(CO)cc1.O=C(O)Oc1ccc([N+](=O)[O-])cc1.O=C1C=CC(=O)N1. The van der Waals surface area contributed by atoms with E-state index in [4.69, 9.17) is 43.4 Å². The monoisotopic (exact) mass is 695 g/mol. The van der Waals surface area contributed by atoms with Crippen LogP contribution in [-0.4, -0.2) is 79.9 Å². The summed E-state index contributed by atoms with van der Waals surface area (Å²) in [5, 5.41) is 47.9. The number of primary amides is 1. The van der Waals surface area contributed by atoms with Crippen LogP contribution in [0.3, 0.4) is 0 Å². The number of imide groups is 1. The zero-order valence-corrected chi connectivity index (χ0v) is 26.6. The number of nitro groups is 1. The number of aliphatic hydroxyl groups excluding tert-OH is 1. The van der Waals surface area contributed by atoms with Crippen molar-refractivity contribution >= 4 is 47.3 Å². The summed E-state index contributed by atoms with van der Waals surface area (Å²) in [5.41, 5.74) is 22.0. The van der Waals surface area contributed by atoms with Crippen molar-refractivity contribution in [3.8, 4) is 5.75 Å². The van der Waals surface area contributed by atoms with E-state index in [1.807, 2.05) is 5.32 Å². The van der Waals surface area contributed by atoms with Crippen LogP contribution in [0.5, 0.6) is 5.75 Å². The number of nitrogens with two attached hydrogens (primary N) is 4. The fourth-order valence-electron chi connectivity index (χ4n) is 2.66. The molecule has 0 fully saturated rings. The molecular formula is C29H41N7O13. The number of carboxylic acids is 2. The third-order valence-corrected chi connectivity index (χ3v) is 5.36. The highest BCUT2D eigenvalue weighted by Crippen LogP contribution is 2.17. The Labute approximate surface area is 279 Å². The molecule has 0 radical (unpaired) electrons. The highest BCUT2D eigenvalue weighted by molar-refractivity contribution is 6.12. The summed E-state index contributed by atoms with van der Waals surface area (Å²) in [6, 6.07) is 9.71. The van der Waals surface area contributed by atoms with E-state index in [0.717, 1.165) is 23.4 Å². The molecule has 0 saturated heterocycles. The van der Waals surface area contributed by atoms with Crippen molar-refractivity contribution in [3.05, 3.63) is 76.4 Å². The Kier molecular flexibility index (Phi) is 23.0. The molecule has 4 amide bonds. The van der Waals surface area contributed by atoms with Crippen LogP contribution in [0.25, 0.3) is 0 Å². The van der Waals surface area contributed by atoms with E-state index in [-0.39, 0.29) is 35.8 Å². The molecule has 14 N–H and O–H groups in total. The van der Waals surface area contributed by atoms with E-state index in [1.54, 1.807) is 38.1 Å². The minimum atomic E-state index is -1.45. The molecule has 1 aliphatic heterocycles. The van der Waals surface area contributed by atoms with Crippen LogP contribution in [0.1, 0.15) is 32.3 Å². The van der Waals surface area contributed by atoms with Crippen LogP contribution < -0.4 is 38.3 Å². The van der Waals surface area contributed by atoms with E-state index in [1.165, 1.54) is 24.3 Å². The van der Waals surface area contributed by atoms with Gasteiger partial charge in [-0.15, -0.1) is 0 Å². The molecule has 3 rings (SSSR count). The summed E-state index contributed by atoms with van der Waals surface area (Å²) in [4.78, 5) is 70.1. The molecule has 2 aromatic rings. The molecule has 0 aromatic heterocycles. The number of aliphatic carboxylic acids is 2. The maximum absolute atomic E-state index is 10.2. The normalized spacial score (nSPS) is 12.0. The van der Waals surface area contributed by atoms with Gasteiger partial charge in [-0.25, -0.2) is 9.59 Å². The van der Waals surface area contributed by atoms with Gasteiger partial charge in [0.15, 0.2) is 0 Å². The summed E-state index contributed by atoms with van der Waals surface area (Å²) in [7, 11) is 0. The largest absolute Gasteiger partial charge is 0.511 e. The van der Waals surface area contributed by atoms with Gasteiger partial charge in [0.1, 0.15) is 17.8 Å². The second-order valence-corrected chi connectivity index (χ2v) is 9.69. The first-order valence-electron chi connectivity index (χ1n) is 13.9. The summed E-state index contributed by atoms with van der Waals surface area (Å²) in [5.74, 6) is -2.55. The number of hydrogen-bond donors (Lipinski definition) is 10. The number of urea groups is 1. The maximum Gasteiger partial charge on any atom is 0.511 e. The molecule has 0 bridgehead atoms. The molecule has 49 heavy (non-hydrogen) atoms. The Morgan fingerprint density at radius 2 is 1.43 bits per heavy atom. The number of ether oxygens (including phenoxy) is 1. The fraction of sp³-hybridized carbons (Fsp3) is 0.310. The number of non-ortho nitro benzene ring substituents is 1. The molecule has 2 atom stereocenters. The van der Waals surface area contributed by atoms with E-state index in [2.05, 4.69) is 10.1 Å². The number of nitrogens with one attached hydrogen (secondary N) is 2. The van der Waals surface area contributed by atoms with Gasteiger partial charge in [0.25, 0.3) is 17.5 Å². The predicted octanol–water partition coefficient (Wildman–Crippen LogP) is 0.513. The lowest BCUT2D eigenvalue weighted by Crippen LogP contribution is -2.34. The highest BCUT2D eigenvalue weighted by atomic mass is 16.7. The first kappa shape index (κ1) is 45.0. The minimum absolute atomic E-state index is 0.0208. The number of amides is 4. The van der Waals surface area contributed by atoms with Crippen LogP contribution in [-0.2, 0) is 25.8 Å². The topological polar surface area (TPSA) is 364 Å². The number of nitro benzene ring substituents is 1. The lowest BCUT2D eigenvalue weighted by molar-refractivity contribution is -0.384. The van der Waals surface area contributed by atoms with Crippen LogP contribution in [0, 0.1) is 16.0 Å². The first-order chi connectivity index (χ1) is 22.8. The Morgan fingerprint density at radius 3 is 1.73 bits per heavy atom. The molecule has 0 aliphatic carbocycles. The number of rotatable bonds is 10. The number of carboxylic acid groups (broad SMARTS) is 3. The lowest BCUT2D eigenvalue weighted by atomic mass is 10.1. The van der Waals surface area contributed by atoms with Gasteiger partial charge in [-0.2, -0.15) is 0 Å². The van der Waals surface area contributed by atoms with Crippen LogP contribution in [0.4, 0.5) is 21.0 Å². The molecule has 0 spiro atoms. The quantitative estimate of drug-likeness (QED) is 0.0308. The standard InChI is InChI=1S/C7H5NO5.C7H9NO.C6H13N3O3.C5H11NO2.C4H3NO2/c9-7(10)13-6-3-1-5(2-4-6)8(11)12;8-7-3-1-6(5-9)2-4-7;7-4(5(10)11)2-1-3-9-6(8)12;1-3(2)4(6)5(7)8;6-3-1-2-4(7)5-3/h1-4H,(H,9,10);1-4,9H,5,8H2;4H,1-3,7H2,(H,10,11)(H3,8,9,12);3-4H,6H2,1-2H3,(H,7,8);1-2H,(H,5,6,7). The Bertz CT molecular complexity index is 1380. The summed E-state index contributed by atoms with van der Waals surface area (Å²) in [6.45, 7) is 3.99. The van der Waals surface area contributed by atoms with Crippen LogP contribution in [0.15, 0.2) is 60.7 Å². The average molecular weight is 696 g/mol. The van der Waals surface area contributed by atoms with Gasteiger partial charge in [0.2, 0.25) is 0 Å². The Balaban J connectivity index is 0. The highest BCUT2D eigenvalue weighted by Gasteiger charge is 2.14. The van der Waals surface area contributed by atoms with Crippen molar-refractivity contribution in [2.45, 2.75) is 45.4 Å². The van der Waals surface area contributed by atoms with Crippen molar-refractivity contribution in [2.75, 3.05) is 12.3 Å². The third-order valence-electron chi connectivity index (χ3n) is 5.36. The zero-order chi connectivity index (χ0) is 38.1. The van der Waals surface area contributed by atoms with Gasteiger partial charge in [0.05, 0.1) is 11.5 Å². The molecular weight excluding hydrogens is 654 g/mol. The molecule has 270 valence electrons. The number of nitrogen functional groups attached to an aromatic ring is 1. The zero-order valence-electron chi connectivity index (χ0n) is 26.6. The Morgan fingerprint density at radius 1 is 0.918 bits per heavy atom. The van der Waals surface area contributed by atoms with Gasteiger partial charge in [-0.05, 0) is 48.6 Å². The van der Waals surface area contributed by atoms with Gasteiger partial charge in [-0.1, -0.05) is 26.0 Å². The third kappa shape index (κ3) is 24.7. The molecule has 2 aromatic carbocycles. The van der Waals surface area contributed by atoms with Gasteiger partial charge in [0, 0.05) is 36.5 Å². The number of benzene rings is 2. The number of carbonyl (C=O) groups excluding carboxylic acids is 3. The summed E-state index contributed by atoms with van der Waals surface area (Å²) in [6.07, 6.45) is 1.78. The van der Waals surface area contributed by atoms with Crippen molar-refractivity contribution in [1.29, 1.82) is 0 Å². The number of nitrogens with zero attached hydrogens (tertiary/aromatic N) is 1. The van der Waals surface area contributed by atoms with Crippen LogP contribution >= 0.6 is 0 Å². The van der Waals surface area contributed by atoms with Gasteiger partial charge in [-0.3, -0.25) is 34.6 Å². The van der Waals surface area contributed by atoms with Crippen LogP contribution in [0.2, 0.25) is 0 Å².